The van der Waals surface area contributed by atoms with Crippen molar-refractivity contribution in [3.63, 3.8) is 0 Å². The Morgan fingerprint density at radius 3 is 2.03 bits per heavy atom. The minimum Gasteiger partial charge on any atom is -0.352 e. The topological polar surface area (TPSA) is 54.9 Å². The summed E-state index contributed by atoms with van der Waals surface area (Å²) in [6, 6.07) is 22.3. The van der Waals surface area contributed by atoms with Gasteiger partial charge in [-0.25, -0.2) is 9.97 Å². The molecule has 0 bridgehead atoms. The third kappa shape index (κ3) is 5.32. The standard InChI is InChI=1S/C31H31N3O/c1-21-8-12-24(13-9-21)29-30(25-14-10-22(2)11-15-25)34-28-20-26(16-17-27(28)33-29)31(35)32-19-18-23-6-4-3-5-7-23/h6,8-17,20H,3-5,7,18-19H2,1-2H3,(H,32,35). The average Bonchev–Trinajstić information content (AvgIpc) is 2.89. The van der Waals surface area contributed by atoms with E-state index < -0.39 is 0 Å². The van der Waals surface area contributed by atoms with E-state index in [1.54, 1.807) is 0 Å². The number of rotatable bonds is 6. The third-order valence-corrected chi connectivity index (χ3v) is 6.69. The summed E-state index contributed by atoms with van der Waals surface area (Å²) in [7, 11) is 0. The van der Waals surface area contributed by atoms with E-state index in [0.29, 0.717) is 12.1 Å². The van der Waals surface area contributed by atoms with Gasteiger partial charge in [-0.3, -0.25) is 4.79 Å². The van der Waals surface area contributed by atoms with Crippen molar-refractivity contribution in [1.29, 1.82) is 0 Å². The second kappa shape index (κ2) is 10.2. The molecule has 1 aliphatic carbocycles. The predicted octanol–water partition coefficient (Wildman–Crippen LogP) is 7.20. The molecular formula is C31H31N3O. The lowest BCUT2D eigenvalue weighted by molar-refractivity contribution is 0.0954. The molecule has 1 N–H and O–H groups in total. The third-order valence-electron chi connectivity index (χ3n) is 6.69. The molecule has 4 aromatic rings. The smallest absolute Gasteiger partial charge is 0.251 e. The van der Waals surface area contributed by atoms with Crippen molar-refractivity contribution < 1.29 is 4.79 Å². The van der Waals surface area contributed by atoms with Gasteiger partial charge in [0.1, 0.15) is 0 Å². The van der Waals surface area contributed by atoms with Crippen LogP contribution in [0.4, 0.5) is 0 Å². The van der Waals surface area contributed by atoms with Gasteiger partial charge in [0.2, 0.25) is 0 Å². The summed E-state index contributed by atoms with van der Waals surface area (Å²) < 4.78 is 0. The summed E-state index contributed by atoms with van der Waals surface area (Å²) in [6.07, 6.45) is 8.13. The maximum atomic E-state index is 12.9. The quantitative estimate of drug-likeness (QED) is 0.309. The van der Waals surface area contributed by atoms with Crippen molar-refractivity contribution in [1.82, 2.24) is 15.3 Å². The number of amides is 1. The summed E-state index contributed by atoms with van der Waals surface area (Å²) in [6.45, 7) is 4.82. The number of aryl methyl sites for hydroxylation is 2. The van der Waals surface area contributed by atoms with E-state index in [4.69, 9.17) is 9.97 Å². The number of hydrogen-bond acceptors (Lipinski definition) is 3. The van der Waals surface area contributed by atoms with Crippen molar-refractivity contribution >= 4 is 16.9 Å². The molecule has 3 aromatic carbocycles. The molecule has 0 saturated carbocycles. The number of fused-ring (bicyclic) bond motifs is 1. The average molecular weight is 462 g/mol. The number of hydrogen-bond donors (Lipinski definition) is 1. The first kappa shape index (κ1) is 23.0. The summed E-state index contributed by atoms with van der Waals surface area (Å²) in [5.74, 6) is -0.0652. The van der Waals surface area contributed by atoms with Crippen molar-refractivity contribution in [2.24, 2.45) is 0 Å². The van der Waals surface area contributed by atoms with Crippen LogP contribution in [0.25, 0.3) is 33.5 Å². The highest BCUT2D eigenvalue weighted by atomic mass is 16.1. The van der Waals surface area contributed by atoms with Crippen molar-refractivity contribution in [3.05, 3.63) is 95.1 Å². The molecular weight excluding hydrogens is 430 g/mol. The summed E-state index contributed by atoms with van der Waals surface area (Å²) in [4.78, 5) is 22.9. The van der Waals surface area contributed by atoms with Gasteiger partial charge in [0.05, 0.1) is 22.4 Å². The van der Waals surface area contributed by atoms with E-state index in [1.807, 2.05) is 18.2 Å². The second-order valence-electron chi connectivity index (χ2n) is 9.47. The van der Waals surface area contributed by atoms with E-state index in [9.17, 15) is 4.79 Å². The number of nitrogens with one attached hydrogen (secondary N) is 1. The van der Waals surface area contributed by atoms with Crippen LogP contribution in [0.2, 0.25) is 0 Å². The fourth-order valence-electron chi connectivity index (χ4n) is 4.59. The molecule has 1 aliphatic rings. The van der Waals surface area contributed by atoms with Gasteiger partial charge in [-0.15, -0.1) is 0 Å². The number of carbonyl (C=O) groups excluding carboxylic acids is 1. The monoisotopic (exact) mass is 461 g/mol. The van der Waals surface area contributed by atoms with Crippen LogP contribution in [-0.4, -0.2) is 22.4 Å². The van der Waals surface area contributed by atoms with Crippen LogP contribution in [0.15, 0.2) is 78.4 Å². The first-order valence-electron chi connectivity index (χ1n) is 12.5. The van der Waals surface area contributed by atoms with E-state index in [0.717, 1.165) is 46.4 Å². The Balaban J connectivity index is 1.47. The molecule has 1 heterocycles. The fourth-order valence-corrected chi connectivity index (χ4v) is 4.59. The second-order valence-corrected chi connectivity index (χ2v) is 9.47. The number of aromatic nitrogens is 2. The zero-order chi connectivity index (χ0) is 24.2. The van der Waals surface area contributed by atoms with E-state index >= 15 is 0 Å². The molecule has 1 aromatic heterocycles. The SMILES string of the molecule is Cc1ccc(-c2nc3ccc(C(=O)NCCC4=CCCCC4)cc3nc2-c2ccc(C)cc2)cc1. The first-order valence-corrected chi connectivity index (χ1v) is 12.5. The first-order chi connectivity index (χ1) is 17.1. The molecule has 0 spiro atoms. The van der Waals surface area contributed by atoms with Crippen LogP contribution in [-0.2, 0) is 0 Å². The lowest BCUT2D eigenvalue weighted by atomic mass is 9.97. The normalized spacial score (nSPS) is 13.5. The molecule has 5 rings (SSSR count). The van der Waals surface area contributed by atoms with Gasteiger partial charge in [0.25, 0.3) is 5.91 Å². The van der Waals surface area contributed by atoms with Crippen LogP contribution in [0.3, 0.4) is 0 Å². The maximum Gasteiger partial charge on any atom is 0.251 e. The lowest BCUT2D eigenvalue weighted by Crippen LogP contribution is -2.24. The zero-order valence-corrected chi connectivity index (χ0v) is 20.5. The van der Waals surface area contributed by atoms with Gasteiger partial charge in [-0.1, -0.05) is 71.3 Å². The largest absolute Gasteiger partial charge is 0.352 e. The molecule has 4 heteroatoms. The lowest BCUT2D eigenvalue weighted by Gasteiger charge is -2.13. The zero-order valence-electron chi connectivity index (χ0n) is 20.5. The molecule has 0 aliphatic heterocycles. The highest BCUT2D eigenvalue weighted by Crippen LogP contribution is 2.31. The maximum absolute atomic E-state index is 12.9. The predicted molar refractivity (Wildman–Crippen MR) is 143 cm³/mol. The molecule has 0 radical (unpaired) electrons. The van der Waals surface area contributed by atoms with Gasteiger partial charge in [0, 0.05) is 23.2 Å². The van der Waals surface area contributed by atoms with Gasteiger partial charge < -0.3 is 5.32 Å². The van der Waals surface area contributed by atoms with Crippen molar-refractivity contribution in [2.75, 3.05) is 6.54 Å². The van der Waals surface area contributed by atoms with Crippen LogP contribution >= 0.6 is 0 Å². The van der Waals surface area contributed by atoms with Crippen molar-refractivity contribution in [3.8, 4) is 22.5 Å². The molecule has 35 heavy (non-hydrogen) atoms. The van der Waals surface area contributed by atoms with Crippen LogP contribution in [0, 0.1) is 13.8 Å². The van der Waals surface area contributed by atoms with Gasteiger partial charge in [-0.2, -0.15) is 0 Å². The number of allylic oxidation sites excluding steroid dienone is 1. The Labute approximate surface area is 207 Å². The van der Waals surface area contributed by atoms with E-state index in [-0.39, 0.29) is 5.91 Å². The Hall–Kier alpha value is -3.79. The van der Waals surface area contributed by atoms with Crippen molar-refractivity contribution in [2.45, 2.75) is 46.0 Å². The van der Waals surface area contributed by atoms with Crippen LogP contribution < -0.4 is 5.32 Å². The molecule has 0 unspecified atom stereocenters. The van der Waals surface area contributed by atoms with Crippen LogP contribution in [0.1, 0.15) is 53.6 Å². The summed E-state index contributed by atoms with van der Waals surface area (Å²) in [5, 5.41) is 3.08. The highest BCUT2D eigenvalue weighted by Gasteiger charge is 2.15. The van der Waals surface area contributed by atoms with E-state index in [1.165, 1.54) is 36.0 Å². The van der Waals surface area contributed by atoms with E-state index in [2.05, 4.69) is 73.8 Å². The Morgan fingerprint density at radius 2 is 1.43 bits per heavy atom. The Kier molecular flexibility index (Phi) is 6.71. The number of carbonyl (C=O) groups is 1. The minimum atomic E-state index is -0.0652. The van der Waals surface area contributed by atoms with Gasteiger partial charge in [-0.05, 0) is 64.2 Å². The molecule has 4 nitrogen and oxygen atoms in total. The fraction of sp³-hybridized carbons (Fsp3) is 0.258. The molecule has 0 atom stereocenters. The molecule has 176 valence electrons. The van der Waals surface area contributed by atoms with Gasteiger partial charge >= 0.3 is 0 Å². The minimum absolute atomic E-state index is 0.0652. The highest BCUT2D eigenvalue weighted by molar-refractivity contribution is 5.98. The van der Waals surface area contributed by atoms with Crippen LogP contribution in [0.5, 0.6) is 0 Å². The summed E-state index contributed by atoms with van der Waals surface area (Å²) >= 11 is 0. The van der Waals surface area contributed by atoms with Gasteiger partial charge in [0.15, 0.2) is 0 Å². The number of benzene rings is 3. The Morgan fingerprint density at radius 1 is 0.800 bits per heavy atom. The summed E-state index contributed by atoms with van der Waals surface area (Å²) in [5.41, 5.74) is 9.68. The molecule has 0 fully saturated rings. The Bertz CT molecular complexity index is 1390. The molecule has 1 amide bonds. The molecule has 0 saturated heterocycles. The number of nitrogens with zero attached hydrogens (tertiary/aromatic N) is 2.